The van der Waals surface area contributed by atoms with Gasteiger partial charge in [-0.1, -0.05) is 64.1 Å². The van der Waals surface area contributed by atoms with Crippen LogP contribution in [0.1, 0.15) is 10.4 Å². The third-order valence-electron chi connectivity index (χ3n) is 3.24. The molecule has 0 N–H and O–H groups in total. The monoisotopic (exact) mass is 326 g/mol. The van der Waals surface area contributed by atoms with E-state index in [1.54, 1.807) is 27.7 Å². The number of hydrogen-bond donors (Lipinski definition) is 0. The molecule has 0 unspecified atom stereocenters. The maximum atomic E-state index is 11.8. The van der Waals surface area contributed by atoms with Crippen molar-refractivity contribution in [1.29, 1.82) is 0 Å². The van der Waals surface area contributed by atoms with E-state index in [1.807, 2.05) is 30.3 Å². The van der Waals surface area contributed by atoms with Gasteiger partial charge in [0, 0.05) is 9.79 Å². The first-order chi connectivity index (χ1) is 10.8. The van der Waals surface area contributed by atoms with Gasteiger partial charge in [-0.2, -0.15) is 0 Å². The molecule has 0 saturated carbocycles. The minimum absolute atomic E-state index is 0.304. The van der Waals surface area contributed by atoms with Crippen LogP contribution >= 0.6 is 21.6 Å². The van der Waals surface area contributed by atoms with E-state index in [0.717, 1.165) is 9.79 Å². The largest absolute Gasteiger partial charge is 0.465 e. The van der Waals surface area contributed by atoms with E-state index in [0.29, 0.717) is 5.56 Å². The number of ether oxygens (including phenoxy) is 1. The highest BCUT2D eigenvalue weighted by molar-refractivity contribution is 8.76. The molecule has 0 heterocycles. The van der Waals surface area contributed by atoms with Gasteiger partial charge in [-0.15, -0.1) is 0 Å². The molecular weight excluding hydrogens is 312 g/mol. The minimum atomic E-state index is -0.304. The number of fused-ring (bicyclic) bond motifs is 1. The highest BCUT2D eigenvalue weighted by atomic mass is 33.1. The van der Waals surface area contributed by atoms with E-state index < -0.39 is 0 Å². The lowest BCUT2D eigenvalue weighted by atomic mass is 10.1. The van der Waals surface area contributed by atoms with Crippen LogP contribution in [-0.2, 0) is 4.74 Å². The molecule has 0 amide bonds. The lowest BCUT2D eigenvalue weighted by Gasteiger charge is -2.07. The van der Waals surface area contributed by atoms with Crippen LogP contribution in [0.15, 0.2) is 76.5 Å². The predicted octanol–water partition coefficient (Wildman–Crippen LogP) is 5.43. The summed E-state index contributed by atoms with van der Waals surface area (Å²) in [4.78, 5) is 13.8. The predicted molar refractivity (Wildman–Crippen MR) is 93.4 cm³/mol. The molecule has 22 heavy (non-hydrogen) atoms. The maximum absolute atomic E-state index is 11.8. The molecule has 0 saturated heterocycles. The summed E-state index contributed by atoms with van der Waals surface area (Å²) in [6.45, 7) is 0. The third-order valence-corrected chi connectivity index (χ3v) is 5.67. The van der Waals surface area contributed by atoms with Gasteiger partial charge in [0.05, 0.1) is 12.7 Å². The van der Waals surface area contributed by atoms with Crippen molar-refractivity contribution in [3.8, 4) is 0 Å². The van der Waals surface area contributed by atoms with Crippen molar-refractivity contribution in [2.75, 3.05) is 7.11 Å². The van der Waals surface area contributed by atoms with Crippen molar-refractivity contribution < 1.29 is 9.53 Å². The van der Waals surface area contributed by atoms with Crippen molar-refractivity contribution >= 4 is 38.3 Å². The number of hydrogen-bond acceptors (Lipinski definition) is 4. The van der Waals surface area contributed by atoms with Crippen LogP contribution in [0.2, 0.25) is 0 Å². The van der Waals surface area contributed by atoms with Crippen molar-refractivity contribution in [3.05, 3.63) is 72.3 Å². The van der Waals surface area contributed by atoms with E-state index in [9.17, 15) is 4.79 Å². The van der Waals surface area contributed by atoms with Gasteiger partial charge in [0.25, 0.3) is 0 Å². The number of methoxy groups -OCH3 is 1. The number of rotatable bonds is 4. The Balaban J connectivity index is 1.81. The van der Waals surface area contributed by atoms with Gasteiger partial charge < -0.3 is 4.74 Å². The Morgan fingerprint density at radius 1 is 0.864 bits per heavy atom. The third kappa shape index (κ3) is 3.29. The Kier molecular flexibility index (Phi) is 4.71. The fourth-order valence-corrected chi connectivity index (χ4v) is 4.30. The van der Waals surface area contributed by atoms with Gasteiger partial charge in [-0.05, 0) is 35.0 Å². The number of carbonyl (C=O) groups is 1. The van der Waals surface area contributed by atoms with Gasteiger partial charge >= 0.3 is 5.97 Å². The van der Waals surface area contributed by atoms with E-state index in [2.05, 4.69) is 30.3 Å². The van der Waals surface area contributed by atoms with Gasteiger partial charge in [0.1, 0.15) is 0 Å². The Labute approximate surface area is 137 Å². The molecule has 0 aliphatic heterocycles. The average Bonchev–Trinajstić information content (AvgIpc) is 2.59. The molecule has 0 atom stereocenters. The lowest BCUT2D eigenvalue weighted by Crippen LogP contribution is -2.02. The maximum Gasteiger partial charge on any atom is 0.339 e. The summed E-state index contributed by atoms with van der Waals surface area (Å²) in [6, 6.07) is 22.1. The molecule has 3 rings (SSSR count). The Bertz CT molecular complexity index is 815. The Morgan fingerprint density at radius 2 is 1.59 bits per heavy atom. The molecule has 3 aromatic carbocycles. The van der Waals surface area contributed by atoms with E-state index >= 15 is 0 Å². The first-order valence-corrected chi connectivity index (χ1v) is 8.93. The van der Waals surface area contributed by atoms with Crippen LogP contribution in [0, 0.1) is 0 Å². The molecule has 0 aliphatic rings. The standard InChI is InChI=1S/C18H14O2S2/c1-20-18(19)16-8-4-5-9-17(16)22-21-15-11-10-13-6-2-3-7-14(13)12-15/h2-12H,1H3. The van der Waals surface area contributed by atoms with Crippen LogP contribution < -0.4 is 0 Å². The molecule has 3 aromatic rings. The molecule has 0 fully saturated rings. The van der Waals surface area contributed by atoms with E-state index in [-0.39, 0.29) is 5.97 Å². The van der Waals surface area contributed by atoms with Crippen LogP contribution in [0.4, 0.5) is 0 Å². The Hall–Kier alpha value is -1.91. The number of esters is 1. The van der Waals surface area contributed by atoms with Crippen LogP contribution in [0.25, 0.3) is 10.8 Å². The molecule has 4 heteroatoms. The van der Waals surface area contributed by atoms with Gasteiger partial charge in [0.2, 0.25) is 0 Å². The molecule has 110 valence electrons. The topological polar surface area (TPSA) is 26.3 Å². The fraction of sp³-hybridized carbons (Fsp3) is 0.0556. The highest BCUT2D eigenvalue weighted by Gasteiger charge is 2.11. The molecule has 2 nitrogen and oxygen atoms in total. The summed E-state index contributed by atoms with van der Waals surface area (Å²) >= 11 is 0. The molecular formula is C18H14O2S2. The zero-order valence-electron chi connectivity index (χ0n) is 12.0. The summed E-state index contributed by atoms with van der Waals surface area (Å²) < 4.78 is 4.83. The number of benzene rings is 3. The van der Waals surface area contributed by atoms with Crippen molar-refractivity contribution in [1.82, 2.24) is 0 Å². The smallest absolute Gasteiger partial charge is 0.339 e. The average molecular weight is 326 g/mol. The lowest BCUT2D eigenvalue weighted by molar-refractivity contribution is 0.0597. The normalized spacial score (nSPS) is 10.6. The zero-order chi connectivity index (χ0) is 15.4. The van der Waals surface area contributed by atoms with E-state index in [1.165, 1.54) is 17.9 Å². The van der Waals surface area contributed by atoms with Crippen LogP contribution in [-0.4, -0.2) is 13.1 Å². The van der Waals surface area contributed by atoms with Gasteiger partial charge in [-0.25, -0.2) is 4.79 Å². The Morgan fingerprint density at radius 3 is 2.41 bits per heavy atom. The summed E-state index contributed by atoms with van der Waals surface area (Å²) in [5, 5.41) is 2.45. The molecule has 0 radical (unpaired) electrons. The first-order valence-electron chi connectivity index (χ1n) is 6.78. The van der Waals surface area contributed by atoms with Gasteiger partial charge in [-0.3, -0.25) is 0 Å². The minimum Gasteiger partial charge on any atom is -0.465 e. The second-order valence-corrected chi connectivity index (χ2v) is 6.91. The first kappa shape index (κ1) is 15.0. The van der Waals surface area contributed by atoms with Crippen molar-refractivity contribution in [3.63, 3.8) is 0 Å². The molecule has 0 spiro atoms. The number of carbonyl (C=O) groups excluding carboxylic acids is 1. The van der Waals surface area contributed by atoms with E-state index in [4.69, 9.17) is 4.74 Å². The second-order valence-electron chi connectivity index (χ2n) is 4.66. The van der Waals surface area contributed by atoms with Crippen LogP contribution in [0.3, 0.4) is 0 Å². The van der Waals surface area contributed by atoms with Crippen LogP contribution in [0.5, 0.6) is 0 Å². The van der Waals surface area contributed by atoms with Crippen molar-refractivity contribution in [2.45, 2.75) is 9.79 Å². The summed E-state index contributed by atoms with van der Waals surface area (Å²) in [6.07, 6.45) is 0. The molecule has 0 bridgehead atoms. The molecule has 0 aromatic heterocycles. The molecule has 0 aliphatic carbocycles. The summed E-state index contributed by atoms with van der Waals surface area (Å²) in [7, 11) is 4.61. The summed E-state index contributed by atoms with van der Waals surface area (Å²) in [5.74, 6) is -0.304. The van der Waals surface area contributed by atoms with Gasteiger partial charge in [0.15, 0.2) is 0 Å². The quantitative estimate of drug-likeness (QED) is 0.472. The fourth-order valence-electron chi connectivity index (χ4n) is 2.13. The SMILES string of the molecule is COC(=O)c1ccccc1SSc1ccc2ccccc2c1. The highest BCUT2D eigenvalue weighted by Crippen LogP contribution is 2.39. The van der Waals surface area contributed by atoms with Crippen molar-refractivity contribution in [2.24, 2.45) is 0 Å². The summed E-state index contributed by atoms with van der Waals surface area (Å²) in [5.41, 5.74) is 0.600. The zero-order valence-corrected chi connectivity index (χ0v) is 13.6. The second kappa shape index (κ2) is 6.90.